The van der Waals surface area contributed by atoms with E-state index in [0.29, 0.717) is 43.0 Å². The molecule has 5 aliphatic heterocycles. The normalized spacial score (nSPS) is 25.1. The second kappa shape index (κ2) is 12.1. The summed E-state index contributed by atoms with van der Waals surface area (Å²) in [6.45, 7) is 5.76. The molecule has 12 nitrogen and oxygen atoms in total. The number of aromatic nitrogens is 3. The molecule has 250 valence electrons. The van der Waals surface area contributed by atoms with Crippen molar-refractivity contribution < 1.29 is 23.1 Å². The zero-order valence-corrected chi connectivity index (χ0v) is 26.6. The molecule has 0 radical (unpaired) electrons. The van der Waals surface area contributed by atoms with Crippen molar-refractivity contribution in [1.82, 2.24) is 39.3 Å². The van der Waals surface area contributed by atoms with E-state index in [1.54, 1.807) is 30.7 Å². The lowest BCUT2D eigenvalue weighted by atomic mass is 9.88. The molecule has 4 aromatic rings. The monoisotopic (exact) mass is 657 g/mol. The van der Waals surface area contributed by atoms with E-state index < -0.39 is 6.61 Å². The number of carbonyl (C=O) groups excluding carboxylic acids is 2. The Morgan fingerprint density at radius 3 is 2.29 bits per heavy atom. The number of carbonyl (C=O) groups is 2. The minimum atomic E-state index is -2.88. The van der Waals surface area contributed by atoms with Gasteiger partial charge in [-0.1, -0.05) is 0 Å². The third kappa shape index (κ3) is 5.84. The van der Waals surface area contributed by atoms with Gasteiger partial charge in [0, 0.05) is 67.8 Å². The Kier molecular flexibility index (Phi) is 7.73. The highest BCUT2D eigenvalue weighted by molar-refractivity contribution is 5.96. The molecule has 4 bridgehead atoms. The molecule has 48 heavy (non-hydrogen) atoms. The maximum absolute atomic E-state index is 13.6. The lowest BCUT2D eigenvalue weighted by Gasteiger charge is -2.60. The average Bonchev–Trinajstić information content (AvgIpc) is 3.49. The number of aryl methyl sites for hydroxylation is 1. The van der Waals surface area contributed by atoms with Crippen LogP contribution in [0, 0.1) is 12.8 Å². The first-order chi connectivity index (χ1) is 23.2. The maximum Gasteiger partial charge on any atom is 0.387 e. The van der Waals surface area contributed by atoms with Crippen LogP contribution >= 0.6 is 0 Å². The summed E-state index contributed by atoms with van der Waals surface area (Å²) in [6.07, 6.45) is 6.44. The van der Waals surface area contributed by atoms with Crippen molar-refractivity contribution in [2.45, 2.75) is 31.9 Å². The summed E-state index contributed by atoms with van der Waals surface area (Å²) in [5.74, 6) is 0.603. The van der Waals surface area contributed by atoms with Crippen molar-refractivity contribution in [1.29, 1.82) is 0 Å². The lowest BCUT2D eigenvalue weighted by Crippen LogP contribution is -2.80. The summed E-state index contributed by atoms with van der Waals surface area (Å²) in [5.41, 5.74) is 4.14. The largest absolute Gasteiger partial charge is 0.435 e. The van der Waals surface area contributed by atoms with Gasteiger partial charge in [-0.05, 0) is 67.8 Å². The standard InChI is InChI=1S/C34H37F2N9O3/c1-22-14-25(39-29-30-38-15-28(45(30)13-10-37-29)23-2-5-26(6-3-23)48-33(35)36)4-7-27(22)32(47)44-11-8-24(9-12-44)31(46)40-34-16-41-19-42(17-34)21-43(18-34)20-41/h2-7,10,13-15,24,33H,8-9,11-12,16-21H2,1H3,(H,37,39)(H,40,46). The van der Waals surface area contributed by atoms with E-state index in [9.17, 15) is 18.4 Å². The SMILES string of the molecule is Cc1cc(Nc2nccn3c(-c4ccc(OC(F)F)cc4)cnc23)ccc1C(=O)N1CCC(C(=O)NC23CN4CN(CN(C4)C2)C3)CC1. The molecular weight excluding hydrogens is 620 g/mol. The van der Waals surface area contributed by atoms with Crippen LogP contribution in [-0.2, 0) is 4.79 Å². The van der Waals surface area contributed by atoms with Crippen LogP contribution in [0.4, 0.5) is 20.3 Å². The third-order valence-electron chi connectivity index (χ3n) is 9.84. The zero-order chi connectivity index (χ0) is 33.0. The number of benzene rings is 2. The second-order valence-corrected chi connectivity index (χ2v) is 13.4. The van der Waals surface area contributed by atoms with Crippen LogP contribution < -0.4 is 15.4 Å². The predicted molar refractivity (Wildman–Crippen MR) is 174 cm³/mol. The number of rotatable bonds is 8. The number of alkyl halides is 2. The number of amides is 2. The van der Waals surface area contributed by atoms with E-state index in [1.165, 1.54) is 12.1 Å². The first-order valence-corrected chi connectivity index (χ1v) is 16.3. The van der Waals surface area contributed by atoms with Gasteiger partial charge < -0.3 is 20.3 Å². The van der Waals surface area contributed by atoms with Crippen LogP contribution in [-0.4, -0.2) is 111 Å². The number of nitrogens with one attached hydrogen (secondary N) is 2. The van der Waals surface area contributed by atoms with E-state index in [0.717, 1.165) is 62.1 Å². The molecular formula is C34H37F2N9O3. The molecule has 0 atom stereocenters. The van der Waals surface area contributed by atoms with Crippen molar-refractivity contribution in [2.75, 3.05) is 58.0 Å². The van der Waals surface area contributed by atoms with Gasteiger partial charge in [-0.15, -0.1) is 0 Å². The third-order valence-corrected chi connectivity index (χ3v) is 9.84. The number of nitrogens with zero attached hydrogens (tertiary/aromatic N) is 7. The van der Waals surface area contributed by atoms with Crippen LogP contribution in [0.1, 0.15) is 28.8 Å². The Hall–Kier alpha value is -4.66. The van der Waals surface area contributed by atoms with Crippen molar-refractivity contribution in [3.05, 3.63) is 72.2 Å². The predicted octanol–water partition coefficient (Wildman–Crippen LogP) is 3.58. The van der Waals surface area contributed by atoms with Crippen LogP contribution in [0.15, 0.2) is 61.1 Å². The van der Waals surface area contributed by atoms with Crippen LogP contribution in [0.25, 0.3) is 16.9 Å². The summed E-state index contributed by atoms with van der Waals surface area (Å²) in [7, 11) is 0. The van der Waals surface area contributed by atoms with Gasteiger partial charge in [0.2, 0.25) is 5.91 Å². The van der Waals surface area contributed by atoms with Crippen molar-refractivity contribution in [2.24, 2.45) is 5.92 Å². The van der Waals surface area contributed by atoms with Gasteiger partial charge in [0.1, 0.15) is 5.75 Å². The van der Waals surface area contributed by atoms with Gasteiger partial charge >= 0.3 is 6.61 Å². The first kappa shape index (κ1) is 30.7. The molecule has 0 spiro atoms. The molecule has 2 aromatic heterocycles. The fraction of sp³-hybridized carbons (Fsp3) is 0.412. The molecule has 5 aliphatic rings. The Labute approximate surface area is 276 Å². The van der Waals surface area contributed by atoms with Crippen molar-refractivity contribution >= 4 is 29.0 Å². The van der Waals surface area contributed by atoms with Crippen molar-refractivity contribution in [3.8, 4) is 17.0 Å². The zero-order valence-electron chi connectivity index (χ0n) is 26.6. The fourth-order valence-corrected chi connectivity index (χ4v) is 7.86. The maximum atomic E-state index is 13.6. The highest BCUT2D eigenvalue weighted by Gasteiger charge is 2.50. The summed E-state index contributed by atoms with van der Waals surface area (Å²) in [5, 5.41) is 6.75. The van der Waals surface area contributed by atoms with Crippen molar-refractivity contribution in [3.63, 3.8) is 0 Å². The summed E-state index contributed by atoms with van der Waals surface area (Å²) < 4.78 is 31.4. The number of hydrogen-bond donors (Lipinski definition) is 2. The molecule has 0 unspecified atom stereocenters. The van der Waals surface area contributed by atoms with E-state index in [-0.39, 0.29) is 29.0 Å². The average molecular weight is 658 g/mol. The number of likely N-dealkylation sites (tertiary alicyclic amines) is 1. The highest BCUT2D eigenvalue weighted by atomic mass is 19.3. The van der Waals surface area contributed by atoms with E-state index in [1.807, 2.05) is 34.4 Å². The Morgan fingerprint density at radius 2 is 1.65 bits per heavy atom. The minimum absolute atomic E-state index is 0.0320. The van der Waals surface area contributed by atoms with E-state index in [2.05, 4.69) is 40.0 Å². The molecule has 9 rings (SSSR count). The van der Waals surface area contributed by atoms with Gasteiger partial charge in [-0.25, -0.2) is 9.97 Å². The summed E-state index contributed by atoms with van der Waals surface area (Å²) in [6, 6.07) is 12.0. The molecule has 2 amide bonds. The topological polar surface area (TPSA) is 111 Å². The minimum Gasteiger partial charge on any atom is -0.435 e. The number of anilines is 2. The van der Waals surface area contributed by atoms with Gasteiger partial charge in [-0.3, -0.25) is 28.7 Å². The second-order valence-electron chi connectivity index (χ2n) is 13.4. The molecule has 7 heterocycles. The number of halogens is 2. The molecule has 0 saturated carbocycles. The molecule has 2 aromatic carbocycles. The van der Waals surface area contributed by atoms with Crippen LogP contribution in [0.3, 0.4) is 0 Å². The number of hydrogen-bond acceptors (Lipinski definition) is 9. The van der Waals surface area contributed by atoms with Gasteiger partial charge in [-0.2, -0.15) is 8.78 Å². The Morgan fingerprint density at radius 1 is 0.958 bits per heavy atom. The summed E-state index contributed by atoms with van der Waals surface area (Å²) >= 11 is 0. The number of piperidine rings is 1. The number of fused-ring (bicyclic) bond motifs is 1. The van der Waals surface area contributed by atoms with Gasteiger partial charge in [0.25, 0.3) is 5.91 Å². The number of imidazole rings is 1. The van der Waals surface area contributed by atoms with E-state index >= 15 is 0 Å². The molecule has 0 aliphatic carbocycles. The molecule has 2 N–H and O–H groups in total. The van der Waals surface area contributed by atoms with Gasteiger partial charge in [0.05, 0.1) is 37.4 Å². The Bertz CT molecular complexity index is 1820. The molecule has 5 fully saturated rings. The number of ether oxygens (including phenoxy) is 1. The highest BCUT2D eigenvalue weighted by Crippen LogP contribution is 2.31. The molecule has 5 saturated heterocycles. The van der Waals surface area contributed by atoms with E-state index in [4.69, 9.17) is 0 Å². The van der Waals surface area contributed by atoms with Crippen LogP contribution in [0.2, 0.25) is 0 Å². The smallest absolute Gasteiger partial charge is 0.387 e. The van der Waals surface area contributed by atoms with Crippen LogP contribution in [0.5, 0.6) is 5.75 Å². The Balaban J connectivity index is 0.898. The fourth-order valence-electron chi connectivity index (χ4n) is 7.86. The molecule has 14 heteroatoms. The lowest BCUT2D eigenvalue weighted by molar-refractivity contribution is -0.159. The summed E-state index contributed by atoms with van der Waals surface area (Å²) in [4.78, 5) is 45.0. The quantitative estimate of drug-likeness (QED) is 0.294. The first-order valence-electron chi connectivity index (χ1n) is 16.3. The van der Waals surface area contributed by atoms with Gasteiger partial charge in [0.15, 0.2) is 11.5 Å².